The second-order valence-corrected chi connectivity index (χ2v) is 5.37. The summed E-state index contributed by atoms with van der Waals surface area (Å²) in [5.74, 6) is -0.756. The average molecular weight is 301 g/mol. The molecule has 0 saturated heterocycles. The molecule has 2 amide bonds. The number of anilines is 1. The van der Waals surface area contributed by atoms with Gasteiger partial charge in [-0.3, -0.25) is 14.5 Å². The van der Waals surface area contributed by atoms with Crippen molar-refractivity contribution in [2.75, 3.05) is 4.90 Å². The third kappa shape index (κ3) is 2.38. The van der Waals surface area contributed by atoms with E-state index >= 15 is 0 Å². The molecule has 1 heterocycles. The first-order valence-electron chi connectivity index (χ1n) is 6.54. The lowest BCUT2D eigenvalue weighted by molar-refractivity contribution is -0.119. The van der Waals surface area contributed by atoms with Crippen LogP contribution in [0.5, 0.6) is 0 Å². The predicted molar refractivity (Wildman–Crippen MR) is 81.4 cm³/mol. The molecule has 1 aliphatic heterocycles. The van der Waals surface area contributed by atoms with Crippen LogP contribution in [-0.4, -0.2) is 17.9 Å². The molecule has 106 valence electrons. The van der Waals surface area contributed by atoms with Gasteiger partial charge in [-0.05, 0) is 35.9 Å². The molecule has 0 bridgehead atoms. The number of nitrogens with two attached hydrogens (primary N) is 1. The number of carbonyl (C=O) groups excluding carboxylic acids is 2. The van der Waals surface area contributed by atoms with Gasteiger partial charge in [0, 0.05) is 22.7 Å². The van der Waals surface area contributed by atoms with E-state index in [1.54, 1.807) is 24.3 Å². The Morgan fingerprint density at radius 1 is 1.10 bits per heavy atom. The van der Waals surface area contributed by atoms with E-state index in [0.717, 1.165) is 11.3 Å². The van der Waals surface area contributed by atoms with Crippen LogP contribution in [0.2, 0.25) is 5.02 Å². The molecule has 0 fully saturated rings. The molecule has 2 aromatic rings. The van der Waals surface area contributed by atoms with Crippen molar-refractivity contribution in [2.45, 2.75) is 12.5 Å². The fraction of sp³-hybridized carbons (Fsp3) is 0.125. The molecule has 0 saturated carbocycles. The maximum atomic E-state index is 12.7. The summed E-state index contributed by atoms with van der Waals surface area (Å²) in [6, 6.07) is 13.4. The molecule has 0 aromatic heterocycles. The van der Waals surface area contributed by atoms with Gasteiger partial charge in [-0.1, -0.05) is 29.8 Å². The van der Waals surface area contributed by atoms with Crippen molar-refractivity contribution < 1.29 is 9.59 Å². The van der Waals surface area contributed by atoms with E-state index in [-0.39, 0.29) is 5.91 Å². The summed E-state index contributed by atoms with van der Waals surface area (Å²) in [4.78, 5) is 25.9. The van der Waals surface area contributed by atoms with Crippen molar-refractivity contribution >= 4 is 29.1 Å². The zero-order chi connectivity index (χ0) is 15.0. The van der Waals surface area contributed by atoms with Gasteiger partial charge in [0.15, 0.2) is 0 Å². The van der Waals surface area contributed by atoms with Crippen LogP contribution in [0.15, 0.2) is 48.5 Å². The van der Waals surface area contributed by atoms with Crippen molar-refractivity contribution in [3.63, 3.8) is 0 Å². The molecule has 5 heteroatoms. The van der Waals surface area contributed by atoms with Crippen LogP contribution in [-0.2, 0) is 11.2 Å². The summed E-state index contributed by atoms with van der Waals surface area (Å²) in [6.45, 7) is 0. The van der Waals surface area contributed by atoms with Crippen LogP contribution in [0.25, 0.3) is 0 Å². The van der Waals surface area contributed by atoms with E-state index in [9.17, 15) is 9.59 Å². The molecule has 2 N–H and O–H groups in total. The second-order valence-electron chi connectivity index (χ2n) is 4.93. The lowest BCUT2D eigenvalue weighted by Crippen LogP contribution is -2.46. The highest BCUT2D eigenvalue weighted by Gasteiger charge is 2.37. The third-order valence-corrected chi connectivity index (χ3v) is 3.87. The molecule has 0 radical (unpaired) electrons. The Labute approximate surface area is 127 Å². The molecule has 4 nitrogen and oxygen atoms in total. The number of halogens is 1. The summed E-state index contributed by atoms with van der Waals surface area (Å²) in [5, 5.41) is 0.555. The highest BCUT2D eigenvalue weighted by atomic mass is 35.5. The van der Waals surface area contributed by atoms with E-state index in [1.165, 1.54) is 4.90 Å². The molecule has 21 heavy (non-hydrogen) atoms. The number of rotatable bonds is 2. The van der Waals surface area contributed by atoms with Crippen molar-refractivity contribution in [3.05, 3.63) is 64.7 Å². The lowest BCUT2D eigenvalue weighted by Gasteiger charge is -2.23. The monoisotopic (exact) mass is 300 g/mol. The summed E-state index contributed by atoms with van der Waals surface area (Å²) in [7, 11) is 0. The van der Waals surface area contributed by atoms with Gasteiger partial charge in [0.2, 0.25) is 5.91 Å². The fourth-order valence-corrected chi connectivity index (χ4v) is 2.72. The van der Waals surface area contributed by atoms with Crippen molar-refractivity contribution in [1.82, 2.24) is 0 Å². The van der Waals surface area contributed by atoms with Crippen LogP contribution in [0.4, 0.5) is 5.69 Å². The molecule has 1 aliphatic rings. The Morgan fingerprint density at radius 3 is 2.43 bits per heavy atom. The normalized spacial score (nSPS) is 16.6. The van der Waals surface area contributed by atoms with Crippen LogP contribution >= 0.6 is 11.6 Å². The SMILES string of the molecule is NC(=O)C1Cc2ccccc2N1C(=O)c1ccc(Cl)cc1. The van der Waals surface area contributed by atoms with E-state index in [4.69, 9.17) is 17.3 Å². The number of carbonyl (C=O) groups is 2. The van der Waals surface area contributed by atoms with Crippen LogP contribution in [0, 0.1) is 0 Å². The molecule has 0 aliphatic carbocycles. The number of nitrogens with zero attached hydrogens (tertiary/aromatic N) is 1. The van der Waals surface area contributed by atoms with Gasteiger partial charge >= 0.3 is 0 Å². The molecular formula is C16H13ClN2O2. The molecule has 1 unspecified atom stereocenters. The number of hydrogen-bond donors (Lipinski definition) is 1. The van der Waals surface area contributed by atoms with Crippen LogP contribution in [0.3, 0.4) is 0 Å². The first-order valence-corrected chi connectivity index (χ1v) is 6.92. The topological polar surface area (TPSA) is 63.4 Å². The number of fused-ring (bicyclic) bond motifs is 1. The largest absolute Gasteiger partial charge is 0.368 e. The first-order chi connectivity index (χ1) is 10.1. The van der Waals surface area contributed by atoms with Gasteiger partial charge in [-0.2, -0.15) is 0 Å². The Hall–Kier alpha value is -2.33. The molecule has 0 spiro atoms. The van der Waals surface area contributed by atoms with E-state index in [0.29, 0.717) is 17.0 Å². The summed E-state index contributed by atoms with van der Waals surface area (Å²) in [5.41, 5.74) is 7.61. The summed E-state index contributed by atoms with van der Waals surface area (Å²) >= 11 is 5.84. The number of para-hydroxylation sites is 1. The van der Waals surface area contributed by atoms with Gasteiger partial charge in [0.1, 0.15) is 6.04 Å². The zero-order valence-electron chi connectivity index (χ0n) is 11.1. The highest BCUT2D eigenvalue weighted by Crippen LogP contribution is 2.33. The van der Waals surface area contributed by atoms with Crippen LogP contribution in [0.1, 0.15) is 15.9 Å². The second kappa shape index (κ2) is 5.22. The number of amides is 2. The Kier molecular flexibility index (Phi) is 3.39. The molecule has 2 aromatic carbocycles. The number of primary amides is 1. The molecular weight excluding hydrogens is 288 g/mol. The maximum absolute atomic E-state index is 12.7. The highest BCUT2D eigenvalue weighted by molar-refractivity contribution is 6.30. The first kappa shape index (κ1) is 13.6. The van der Waals surface area contributed by atoms with E-state index in [2.05, 4.69) is 0 Å². The molecule has 3 rings (SSSR count). The number of hydrogen-bond acceptors (Lipinski definition) is 2. The van der Waals surface area contributed by atoms with Crippen LogP contribution < -0.4 is 10.6 Å². The average Bonchev–Trinajstić information content (AvgIpc) is 2.87. The van der Waals surface area contributed by atoms with Crippen molar-refractivity contribution in [3.8, 4) is 0 Å². The lowest BCUT2D eigenvalue weighted by atomic mass is 10.1. The third-order valence-electron chi connectivity index (χ3n) is 3.61. The van der Waals surface area contributed by atoms with Crippen molar-refractivity contribution in [2.24, 2.45) is 5.73 Å². The minimum absolute atomic E-state index is 0.250. The minimum Gasteiger partial charge on any atom is -0.368 e. The fourth-order valence-electron chi connectivity index (χ4n) is 2.60. The van der Waals surface area contributed by atoms with Gasteiger partial charge < -0.3 is 5.73 Å². The van der Waals surface area contributed by atoms with Gasteiger partial charge in [-0.25, -0.2) is 0 Å². The summed E-state index contributed by atoms with van der Waals surface area (Å²) in [6.07, 6.45) is 0.449. The Morgan fingerprint density at radius 2 is 1.76 bits per heavy atom. The van der Waals surface area contributed by atoms with Gasteiger partial charge in [0.25, 0.3) is 5.91 Å². The van der Waals surface area contributed by atoms with E-state index in [1.807, 2.05) is 24.3 Å². The Bertz CT molecular complexity index is 712. The quantitative estimate of drug-likeness (QED) is 0.925. The van der Waals surface area contributed by atoms with Gasteiger partial charge in [-0.15, -0.1) is 0 Å². The predicted octanol–water partition coefficient (Wildman–Crippen LogP) is 2.40. The minimum atomic E-state index is -0.648. The van der Waals surface area contributed by atoms with E-state index < -0.39 is 11.9 Å². The number of benzene rings is 2. The standard InChI is InChI=1S/C16H13ClN2O2/c17-12-7-5-10(6-8-12)16(21)19-13-4-2-1-3-11(13)9-14(19)15(18)20/h1-8,14H,9H2,(H2,18,20). The smallest absolute Gasteiger partial charge is 0.259 e. The van der Waals surface area contributed by atoms with Crippen molar-refractivity contribution in [1.29, 1.82) is 0 Å². The Balaban J connectivity index is 2.03. The zero-order valence-corrected chi connectivity index (χ0v) is 11.9. The van der Waals surface area contributed by atoms with Gasteiger partial charge in [0.05, 0.1) is 0 Å². The molecule has 1 atom stereocenters. The maximum Gasteiger partial charge on any atom is 0.259 e. The summed E-state index contributed by atoms with van der Waals surface area (Å²) < 4.78 is 0.